The van der Waals surface area contributed by atoms with E-state index in [1.807, 2.05) is 37.3 Å². The standard InChI is InChI=1S/C10H16O3Si/c1-3-9-13-14(11,12-2)10-7-5-4-6-8-10/h4-8,11H,3,9H2,1-2H3. The van der Waals surface area contributed by atoms with Gasteiger partial charge in [0.1, 0.15) is 0 Å². The van der Waals surface area contributed by atoms with E-state index in [-0.39, 0.29) is 0 Å². The van der Waals surface area contributed by atoms with E-state index in [2.05, 4.69) is 0 Å². The minimum absolute atomic E-state index is 0.519. The molecule has 0 fully saturated rings. The first-order valence-corrected chi connectivity index (χ1v) is 6.46. The van der Waals surface area contributed by atoms with E-state index >= 15 is 0 Å². The molecular formula is C10H16O3Si. The van der Waals surface area contributed by atoms with Gasteiger partial charge in [0.15, 0.2) is 0 Å². The molecule has 0 aliphatic heterocycles. The molecule has 0 radical (unpaired) electrons. The lowest BCUT2D eigenvalue weighted by atomic mass is 10.4. The summed E-state index contributed by atoms with van der Waals surface area (Å²) < 4.78 is 10.5. The van der Waals surface area contributed by atoms with E-state index in [9.17, 15) is 4.80 Å². The van der Waals surface area contributed by atoms with Gasteiger partial charge in [0, 0.05) is 18.9 Å². The molecule has 1 rings (SSSR count). The summed E-state index contributed by atoms with van der Waals surface area (Å²) in [5.74, 6) is 0. The molecule has 1 atom stereocenters. The van der Waals surface area contributed by atoms with E-state index in [0.29, 0.717) is 6.61 Å². The van der Waals surface area contributed by atoms with Gasteiger partial charge in [0.25, 0.3) is 0 Å². The van der Waals surface area contributed by atoms with Gasteiger partial charge in [0.2, 0.25) is 0 Å². The summed E-state index contributed by atoms with van der Waals surface area (Å²) in [4.78, 5) is 10.1. The third-order valence-electron chi connectivity index (χ3n) is 1.92. The Balaban J connectivity index is 2.79. The Labute approximate surface area is 85.7 Å². The van der Waals surface area contributed by atoms with Crippen molar-refractivity contribution in [2.75, 3.05) is 13.7 Å². The Morgan fingerprint density at radius 2 is 1.93 bits per heavy atom. The topological polar surface area (TPSA) is 38.7 Å². The van der Waals surface area contributed by atoms with Gasteiger partial charge in [0.05, 0.1) is 0 Å². The van der Waals surface area contributed by atoms with E-state index in [1.165, 1.54) is 7.11 Å². The molecule has 1 aromatic rings. The minimum Gasteiger partial charge on any atom is -0.386 e. The largest absolute Gasteiger partial charge is 0.534 e. The lowest BCUT2D eigenvalue weighted by molar-refractivity contribution is 0.137. The molecule has 1 N–H and O–H groups in total. The van der Waals surface area contributed by atoms with Gasteiger partial charge in [-0.25, -0.2) is 0 Å². The van der Waals surface area contributed by atoms with Gasteiger partial charge in [-0.2, -0.15) is 0 Å². The Kier molecular flexibility index (Phi) is 4.28. The zero-order valence-electron chi connectivity index (χ0n) is 8.56. The highest BCUT2D eigenvalue weighted by Crippen LogP contribution is 2.03. The van der Waals surface area contributed by atoms with E-state index in [0.717, 1.165) is 11.6 Å². The quantitative estimate of drug-likeness (QED) is 0.737. The fraction of sp³-hybridized carbons (Fsp3) is 0.400. The zero-order chi connectivity index (χ0) is 10.4. The molecule has 1 unspecified atom stereocenters. The van der Waals surface area contributed by atoms with Crippen LogP contribution in [-0.2, 0) is 8.85 Å². The summed E-state index contributed by atoms with van der Waals surface area (Å²) in [6.07, 6.45) is 0.867. The van der Waals surface area contributed by atoms with Crippen molar-refractivity contribution in [1.29, 1.82) is 0 Å². The molecule has 0 saturated heterocycles. The molecule has 78 valence electrons. The first kappa shape index (κ1) is 11.4. The molecule has 14 heavy (non-hydrogen) atoms. The van der Waals surface area contributed by atoms with E-state index in [4.69, 9.17) is 8.85 Å². The zero-order valence-corrected chi connectivity index (χ0v) is 9.56. The van der Waals surface area contributed by atoms with Crippen LogP contribution in [0.3, 0.4) is 0 Å². The van der Waals surface area contributed by atoms with Crippen molar-refractivity contribution < 1.29 is 13.6 Å². The lowest BCUT2D eigenvalue weighted by Crippen LogP contribution is -2.53. The van der Waals surface area contributed by atoms with Gasteiger partial charge in [-0.05, 0) is 6.42 Å². The average Bonchev–Trinajstić information content (AvgIpc) is 2.27. The van der Waals surface area contributed by atoms with Gasteiger partial charge in [-0.1, -0.05) is 37.3 Å². The van der Waals surface area contributed by atoms with Gasteiger partial charge < -0.3 is 13.6 Å². The van der Waals surface area contributed by atoms with Crippen LogP contribution in [0, 0.1) is 0 Å². The van der Waals surface area contributed by atoms with Gasteiger partial charge in [-0.3, -0.25) is 0 Å². The molecule has 0 amide bonds. The summed E-state index contributed by atoms with van der Waals surface area (Å²) in [5.41, 5.74) is 0. The van der Waals surface area contributed by atoms with Crippen molar-refractivity contribution in [1.82, 2.24) is 0 Å². The van der Waals surface area contributed by atoms with Crippen LogP contribution in [0.4, 0.5) is 0 Å². The predicted molar refractivity (Wildman–Crippen MR) is 57.3 cm³/mol. The Bertz CT molecular complexity index is 265. The molecule has 0 bridgehead atoms. The van der Waals surface area contributed by atoms with Gasteiger partial charge in [-0.15, -0.1) is 0 Å². The van der Waals surface area contributed by atoms with E-state index < -0.39 is 8.80 Å². The van der Waals surface area contributed by atoms with Gasteiger partial charge >= 0.3 is 8.80 Å². The molecule has 0 aliphatic rings. The van der Waals surface area contributed by atoms with Crippen LogP contribution >= 0.6 is 0 Å². The molecule has 3 nitrogen and oxygen atoms in total. The highest BCUT2D eigenvalue weighted by molar-refractivity contribution is 6.74. The summed E-state index contributed by atoms with van der Waals surface area (Å²) in [5, 5.41) is 0.746. The monoisotopic (exact) mass is 212 g/mol. The first-order chi connectivity index (χ1) is 6.73. The van der Waals surface area contributed by atoms with Crippen LogP contribution in [0.25, 0.3) is 0 Å². The lowest BCUT2D eigenvalue weighted by Gasteiger charge is -2.21. The third-order valence-corrected chi connectivity index (χ3v) is 4.13. The molecule has 0 aliphatic carbocycles. The fourth-order valence-corrected chi connectivity index (χ4v) is 2.76. The molecule has 4 heteroatoms. The minimum atomic E-state index is -3.12. The van der Waals surface area contributed by atoms with Crippen molar-refractivity contribution in [3.05, 3.63) is 30.3 Å². The molecule has 1 aromatic carbocycles. The van der Waals surface area contributed by atoms with Crippen molar-refractivity contribution in [2.24, 2.45) is 0 Å². The Morgan fingerprint density at radius 3 is 2.43 bits per heavy atom. The highest BCUT2D eigenvalue weighted by atomic mass is 28.4. The predicted octanol–water partition coefficient (Wildman–Crippen LogP) is 0.898. The summed E-state index contributed by atoms with van der Waals surface area (Å²) in [6.45, 7) is 2.51. The van der Waals surface area contributed by atoms with Crippen molar-refractivity contribution in [3.8, 4) is 0 Å². The van der Waals surface area contributed by atoms with Crippen molar-refractivity contribution >= 4 is 14.0 Å². The average molecular weight is 212 g/mol. The van der Waals surface area contributed by atoms with Crippen LogP contribution in [0.5, 0.6) is 0 Å². The summed E-state index contributed by atoms with van der Waals surface area (Å²) >= 11 is 0. The molecule has 0 saturated carbocycles. The van der Waals surface area contributed by atoms with Crippen molar-refractivity contribution in [3.63, 3.8) is 0 Å². The maximum atomic E-state index is 10.1. The third kappa shape index (κ3) is 2.65. The first-order valence-electron chi connectivity index (χ1n) is 4.70. The normalized spacial score (nSPS) is 15.1. The summed E-state index contributed by atoms with van der Waals surface area (Å²) in [6, 6.07) is 9.27. The Morgan fingerprint density at radius 1 is 1.29 bits per heavy atom. The number of rotatable bonds is 5. The molecular weight excluding hydrogens is 196 g/mol. The summed E-state index contributed by atoms with van der Waals surface area (Å²) in [7, 11) is -1.64. The van der Waals surface area contributed by atoms with Crippen LogP contribution in [-0.4, -0.2) is 27.3 Å². The van der Waals surface area contributed by atoms with Crippen LogP contribution < -0.4 is 5.19 Å². The van der Waals surface area contributed by atoms with Crippen LogP contribution in [0.2, 0.25) is 0 Å². The second-order valence-electron chi connectivity index (χ2n) is 3.00. The molecule has 0 heterocycles. The maximum absolute atomic E-state index is 10.1. The highest BCUT2D eigenvalue weighted by Gasteiger charge is 2.38. The molecule has 0 spiro atoms. The number of hydrogen-bond acceptors (Lipinski definition) is 3. The van der Waals surface area contributed by atoms with Crippen molar-refractivity contribution in [2.45, 2.75) is 13.3 Å². The number of hydrogen-bond donors (Lipinski definition) is 1. The molecule has 0 aromatic heterocycles. The van der Waals surface area contributed by atoms with Crippen LogP contribution in [0.1, 0.15) is 13.3 Å². The number of benzene rings is 1. The smallest absolute Gasteiger partial charge is 0.386 e. The van der Waals surface area contributed by atoms with E-state index in [1.54, 1.807) is 0 Å². The van der Waals surface area contributed by atoms with Crippen LogP contribution in [0.15, 0.2) is 30.3 Å². The Hall–Kier alpha value is -0.683. The second-order valence-corrected chi connectivity index (χ2v) is 5.44. The maximum Gasteiger partial charge on any atom is 0.534 e. The fourth-order valence-electron chi connectivity index (χ4n) is 1.15. The SMILES string of the molecule is CCCO[Si](O)(OC)c1ccccc1. The second kappa shape index (κ2) is 5.26.